The molecule has 0 atom stereocenters. The van der Waals surface area contributed by atoms with Crippen LogP contribution in [0.25, 0.3) is 0 Å². The quantitative estimate of drug-likeness (QED) is 0.281. The van der Waals surface area contributed by atoms with Crippen molar-refractivity contribution in [2.75, 3.05) is 34.5 Å². The van der Waals surface area contributed by atoms with Gasteiger partial charge in [0.1, 0.15) is 6.61 Å². The second-order valence-corrected chi connectivity index (χ2v) is 4.66. The van der Waals surface area contributed by atoms with E-state index in [4.69, 9.17) is 14.2 Å². The highest BCUT2D eigenvalue weighted by molar-refractivity contribution is 5.69. The van der Waals surface area contributed by atoms with Crippen LogP contribution in [-0.2, 0) is 20.7 Å². The van der Waals surface area contributed by atoms with Crippen molar-refractivity contribution >= 4 is 11.7 Å². The molecular weight excluding hydrogens is 306 g/mol. The van der Waals surface area contributed by atoms with Gasteiger partial charge in [-0.3, -0.25) is 14.9 Å². The summed E-state index contributed by atoms with van der Waals surface area (Å²) in [7, 11) is 4.30. The summed E-state index contributed by atoms with van der Waals surface area (Å²) in [4.78, 5) is 21.9. The average molecular weight is 327 g/mol. The topological polar surface area (TPSA) is 97.1 Å². The molecule has 0 aliphatic heterocycles. The standard InChI is InChI=1S/C15H21NO7/c1-20-7-8-23-14-10-12(16(18)19)11(9-13(14)21-2)5-4-6-15(17)22-3/h9-10H,4-8H2,1-3H3. The number of esters is 1. The minimum atomic E-state index is -0.476. The Labute approximate surface area is 134 Å². The summed E-state index contributed by atoms with van der Waals surface area (Å²) in [5.74, 6) is 0.340. The molecular formula is C15H21NO7. The Hall–Kier alpha value is -2.35. The summed E-state index contributed by atoms with van der Waals surface area (Å²) in [6, 6.07) is 2.90. The van der Waals surface area contributed by atoms with E-state index in [1.54, 1.807) is 6.07 Å². The minimum Gasteiger partial charge on any atom is -0.493 e. The summed E-state index contributed by atoms with van der Waals surface area (Å²) in [5.41, 5.74) is 0.415. The fraction of sp³-hybridized carbons (Fsp3) is 0.533. The van der Waals surface area contributed by atoms with Crippen molar-refractivity contribution in [1.29, 1.82) is 0 Å². The van der Waals surface area contributed by atoms with E-state index in [9.17, 15) is 14.9 Å². The highest BCUT2D eigenvalue weighted by Gasteiger charge is 2.20. The van der Waals surface area contributed by atoms with Crippen LogP contribution in [0.2, 0.25) is 0 Å². The Morgan fingerprint density at radius 1 is 1.17 bits per heavy atom. The molecule has 1 rings (SSSR count). The summed E-state index contributed by atoms with van der Waals surface area (Å²) in [6.07, 6.45) is 1.00. The Bertz CT molecular complexity index is 545. The monoisotopic (exact) mass is 327 g/mol. The maximum atomic E-state index is 11.2. The smallest absolute Gasteiger partial charge is 0.305 e. The summed E-state index contributed by atoms with van der Waals surface area (Å²) in [5, 5.41) is 11.2. The van der Waals surface area contributed by atoms with Gasteiger partial charge in [-0.25, -0.2) is 0 Å². The van der Waals surface area contributed by atoms with Crippen LogP contribution < -0.4 is 9.47 Å². The van der Waals surface area contributed by atoms with Crippen molar-refractivity contribution in [3.8, 4) is 11.5 Å². The Morgan fingerprint density at radius 2 is 1.91 bits per heavy atom. The SMILES string of the molecule is COCCOc1cc([N+](=O)[O-])c(CCCC(=O)OC)cc1OC. The Morgan fingerprint density at radius 3 is 2.48 bits per heavy atom. The number of ether oxygens (including phenoxy) is 4. The first-order chi connectivity index (χ1) is 11.0. The first-order valence-corrected chi connectivity index (χ1v) is 7.07. The van der Waals surface area contributed by atoms with Gasteiger partial charge in [-0.05, 0) is 18.9 Å². The number of hydrogen-bond donors (Lipinski definition) is 0. The predicted octanol–water partition coefficient (Wildman–Crippen LogP) is 2.12. The summed E-state index contributed by atoms with van der Waals surface area (Å²) < 4.78 is 20.1. The molecule has 0 saturated heterocycles. The zero-order chi connectivity index (χ0) is 17.2. The van der Waals surface area contributed by atoms with Crippen LogP contribution in [0.4, 0.5) is 5.69 Å². The lowest BCUT2D eigenvalue weighted by atomic mass is 10.1. The van der Waals surface area contributed by atoms with Crippen LogP contribution >= 0.6 is 0 Å². The number of rotatable bonds is 10. The van der Waals surface area contributed by atoms with E-state index in [0.717, 1.165) is 0 Å². The zero-order valence-electron chi connectivity index (χ0n) is 13.5. The number of methoxy groups -OCH3 is 3. The molecule has 8 heteroatoms. The molecule has 0 aliphatic rings. The third-order valence-electron chi connectivity index (χ3n) is 3.16. The van der Waals surface area contributed by atoms with Crippen LogP contribution in [0, 0.1) is 10.1 Å². The third kappa shape index (κ3) is 5.74. The summed E-state index contributed by atoms with van der Waals surface area (Å²) in [6.45, 7) is 0.615. The van der Waals surface area contributed by atoms with Gasteiger partial charge in [0.05, 0.1) is 31.8 Å². The molecule has 128 valence electrons. The Balaban J connectivity index is 2.95. The number of carbonyl (C=O) groups is 1. The van der Waals surface area contributed by atoms with Gasteiger partial charge in [0, 0.05) is 19.1 Å². The van der Waals surface area contributed by atoms with Gasteiger partial charge >= 0.3 is 5.97 Å². The van der Waals surface area contributed by atoms with E-state index in [1.807, 2.05) is 0 Å². The van der Waals surface area contributed by atoms with Crippen LogP contribution in [0.3, 0.4) is 0 Å². The van der Waals surface area contributed by atoms with Crippen LogP contribution in [0.1, 0.15) is 18.4 Å². The highest BCUT2D eigenvalue weighted by Crippen LogP contribution is 2.35. The second-order valence-electron chi connectivity index (χ2n) is 4.66. The van der Waals surface area contributed by atoms with Gasteiger partial charge in [-0.1, -0.05) is 0 Å². The highest BCUT2D eigenvalue weighted by atomic mass is 16.6. The number of carbonyl (C=O) groups excluding carboxylic acids is 1. The van der Waals surface area contributed by atoms with Gasteiger partial charge < -0.3 is 18.9 Å². The number of nitro groups is 1. The largest absolute Gasteiger partial charge is 0.493 e. The van der Waals surface area contributed by atoms with E-state index >= 15 is 0 Å². The van der Waals surface area contributed by atoms with E-state index in [1.165, 1.54) is 27.4 Å². The molecule has 0 fully saturated rings. The molecule has 0 saturated carbocycles. The lowest BCUT2D eigenvalue weighted by Gasteiger charge is -2.12. The van der Waals surface area contributed by atoms with Gasteiger partial charge in [0.25, 0.3) is 5.69 Å². The first-order valence-electron chi connectivity index (χ1n) is 7.07. The average Bonchev–Trinajstić information content (AvgIpc) is 2.55. The number of aryl methyl sites for hydroxylation is 1. The number of hydrogen-bond acceptors (Lipinski definition) is 7. The van der Waals surface area contributed by atoms with Crippen molar-refractivity contribution in [2.45, 2.75) is 19.3 Å². The maximum Gasteiger partial charge on any atom is 0.305 e. The van der Waals surface area contributed by atoms with Crippen molar-refractivity contribution in [2.24, 2.45) is 0 Å². The molecule has 0 amide bonds. The van der Waals surface area contributed by atoms with Gasteiger partial charge in [0.15, 0.2) is 11.5 Å². The number of benzene rings is 1. The molecule has 1 aromatic rings. The van der Waals surface area contributed by atoms with Crippen LogP contribution in [-0.4, -0.2) is 45.4 Å². The molecule has 23 heavy (non-hydrogen) atoms. The minimum absolute atomic E-state index is 0.0666. The zero-order valence-corrected chi connectivity index (χ0v) is 13.5. The molecule has 0 radical (unpaired) electrons. The van der Waals surface area contributed by atoms with Gasteiger partial charge in [-0.2, -0.15) is 0 Å². The molecule has 0 unspecified atom stereocenters. The third-order valence-corrected chi connectivity index (χ3v) is 3.16. The maximum absolute atomic E-state index is 11.2. The van der Waals surface area contributed by atoms with Crippen molar-refractivity contribution in [3.63, 3.8) is 0 Å². The van der Waals surface area contributed by atoms with Crippen molar-refractivity contribution < 1.29 is 28.7 Å². The predicted molar refractivity (Wildman–Crippen MR) is 82.0 cm³/mol. The lowest BCUT2D eigenvalue weighted by Crippen LogP contribution is -2.07. The normalized spacial score (nSPS) is 10.2. The molecule has 8 nitrogen and oxygen atoms in total. The van der Waals surface area contributed by atoms with E-state index in [0.29, 0.717) is 30.8 Å². The fourth-order valence-electron chi connectivity index (χ4n) is 1.99. The van der Waals surface area contributed by atoms with Crippen LogP contribution in [0.5, 0.6) is 11.5 Å². The Kier molecular flexibility index (Phi) is 7.82. The van der Waals surface area contributed by atoms with Gasteiger partial charge in [0.2, 0.25) is 0 Å². The molecule has 0 heterocycles. The first kappa shape index (κ1) is 18.7. The van der Waals surface area contributed by atoms with Gasteiger partial charge in [-0.15, -0.1) is 0 Å². The number of nitrogens with zero attached hydrogens (tertiary/aromatic N) is 1. The molecule has 0 spiro atoms. The molecule has 0 N–H and O–H groups in total. The molecule has 1 aromatic carbocycles. The fourth-order valence-corrected chi connectivity index (χ4v) is 1.99. The second kappa shape index (κ2) is 9.62. The van der Waals surface area contributed by atoms with E-state index < -0.39 is 4.92 Å². The number of nitro benzene ring substituents is 1. The van der Waals surface area contributed by atoms with Crippen molar-refractivity contribution in [1.82, 2.24) is 0 Å². The molecule has 0 bridgehead atoms. The summed E-state index contributed by atoms with van der Waals surface area (Å²) >= 11 is 0. The molecule has 0 aromatic heterocycles. The van der Waals surface area contributed by atoms with E-state index in [2.05, 4.69) is 4.74 Å². The molecule has 0 aliphatic carbocycles. The van der Waals surface area contributed by atoms with Crippen molar-refractivity contribution in [3.05, 3.63) is 27.8 Å². The lowest BCUT2D eigenvalue weighted by molar-refractivity contribution is -0.385. The van der Waals surface area contributed by atoms with Crippen LogP contribution in [0.15, 0.2) is 12.1 Å². The van der Waals surface area contributed by atoms with E-state index in [-0.39, 0.29) is 30.4 Å².